The van der Waals surface area contributed by atoms with Gasteiger partial charge >= 0.3 is 0 Å². The number of benzene rings is 1. The van der Waals surface area contributed by atoms with Crippen molar-refractivity contribution in [1.29, 1.82) is 5.26 Å². The molecule has 0 atom stereocenters. The van der Waals surface area contributed by atoms with E-state index in [1.807, 2.05) is 24.3 Å². The van der Waals surface area contributed by atoms with Gasteiger partial charge in [0.1, 0.15) is 11.9 Å². The smallest absolute Gasteiger partial charge is 0.179 e. The third-order valence-electron chi connectivity index (χ3n) is 5.66. The Balaban J connectivity index is 1.43. The number of fused-ring (bicyclic) bond motifs is 1. The molecule has 5 rings (SSSR count). The van der Waals surface area contributed by atoms with E-state index in [9.17, 15) is 5.26 Å². The molecule has 2 fully saturated rings. The van der Waals surface area contributed by atoms with Crippen LogP contribution in [0.25, 0.3) is 5.65 Å². The van der Waals surface area contributed by atoms with E-state index in [1.165, 1.54) is 0 Å². The van der Waals surface area contributed by atoms with Crippen LogP contribution in [0.1, 0.15) is 18.4 Å². The summed E-state index contributed by atoms with van der Waals surface area (Å²) in [6.45, 7) is 3.84. The number of nitrogen functional groups attached to an aromatic ring is 1. The third kappa shape index (κ3) is 3.57. The predicted molar refractivity (Wildman–Crippen MR) is 118 cm³/mol. The van der Waals surface area contributed by atoms with Crippen molar-refractivity contribution in [3.63, 3.8) is 0 Å². The molecule has 0 radical (unpaired) electrons. The lowest BCUT2D eigenvalue weighted by atomic mass is 10.1. The molecule has 0 bridgehead atoms. The summed E-state index contributed by atoms with van der Waals surface area (Å²) in [6, 6.07) is 10.7. The zero-order chi connectivity index (χ0) is 20.7. The Morgan fingerprint density at radius 2 is 1.97 bits per heavy atom. The van der Waals surface area contributed by atoms with E-state index < -0.39 is 0 Å². The molecule has 9 heteroatoms. The van der Waals surface area contributed by atoms with Crippen LogP contribution in [0.4, 0.5) is 28.7 Å². The summed E-state index contributed by atoms with van der Waals surface area (Å²) in [4.78, 5) is 8.95. The second kappa shape index (κ2) is 7.39. The van der Waals surface area contributed by atoms with E-state index in [2.05, 4.69) is 43.6 Å². The maximum atomic E-state index is 9.72. The van der Waals surface area contributed by atoms with Crippen molar-refractivity contribution < 1.29 is 0 Å². The highest BCUT2D eigenvalue weighted by atomic mass is 15.3. The number of nitrogens with one attached hydrogen (secondary N) is 2. The monoisotopic (exact) mass is 403 g/mol. The van der Waals surface area contributed by atoms with Gasteiger partial charge < -0.3 is 26.2 Å². The highest BCUT2D eigenvalue weighted by Gasteiger charge is 2.23. The Labute approximate surface area is 175 Å². The zero-order valence-electron chi connectivity index (χ0n) is 17.0. The van der Waals surface area contributed by atoms with Gasteiger partial charge in [-0.15, -0.1) is 5.10 Å². The number of nitrogens with zero attached hydrogens (tertiary/aromatic N) is 6. The van der Waals surface area contributed by atoms with E-state index in [0.717, 1.165) is 56.1 Å². The lowest BCUT2D eigenvalue weighted by molar-refractivity contribution is 0.313. The summed E-state index contributed by atoms with van der Waals surface area (Å²) in [7, 11) is 2.12. The molecule has 0 unspecified atom stereocenters. The summed E-state index contributed by atoms with van der Waals surface area (Å²) < 4.78 is 1.64. The molecule has 4 N–H and O–H groups in total. The van der Waals surface area contributed by atoms with Gasteiger partial charge in [0.05, 0.1) is 23.1 Å². The first kappa shape index (κ1) is 18.5. The van der Waals surface area contributed by atoms with E-state index >= 15 is 0 Å². The first-order valence-corrected chi connectivity index (χ1v) is 10.3. The minimum Gasteiger partial charge on any atom is -0.382 e. The van der Waals surface area contributed by atoms with E-state index in [4.69, 9.17) is 5.73 Å². The standard InChI is InChI=1S/C21H25N9/c1-28-6-8-29(9-7-28)18-5-4-16(10-14(18)12-22)26-20-11-17(25-15-2-3-15)21-24-13-19(23)30(21)27-20/h4-5,10-11,13,15,25H,2-3,6-9,23H2,1H3,(H,26,27). The van der Waals surface area contributed by atoms with E-state index in [1.54, 1.807) is 10.7 Å². The molecule has 1 saturated carbocycles. The molecule has 1 saturated heterocycles. The summed E-state index contributed by atoms with van der Waals surface area (Å²) in [5.74, 6) is 1.13. The summed E-state index contributed by atoms with van der Waals surface area (Å²) >= 11 is 0. The van der Waals surface area contributed by atoms with E-state index in [0.29, 0.717) is 28.9 Å². The van der Waals surface area contributed by atoms with Crippen LogP contribution in [-0.4, -0.2) is 58.8 Å². The fourth-order valence-corrected chi connectivity index (χ4v) is 3.77. The molecule has 0 spiro atoms. The van der Waals surface area contributed by atoms with Gasteiger partial charge in [0.2, 0.25) is 0 Å². The van der Waals surface area contributed by atoms with Crippen molar-refractivity contribution in [3.05, 3.63) is 36.0 Å². The van der Waals surface area contributed by atoms with Gasteiger partial charge in [0.15, 0.2) is 11.5 Å². The van der Waals surface area contributed by atoms with Crippen molar-refractivity contribution in [3.8, 4) is 6.07 Å². The minimum atomic E-state index is 0.482. The van der Waals surface area contributed by atoms with Crippen LogP contribution in [-0.2, 0) is 0 Å². The average molecular weight is 403 g/mol. The number of hydrogen-bond donors (Lipinski definition) is 3. The lowest BCUT2D eigenvalue weighted by Crippen LogP contribution is -2.44. The van der Waals surface area contributed by atoms with E-state index in [-0.39, 0.29) is 0 Å². The normalized spacial score (nSPS) is 17.1. The second-order valence-corrected chi connectivity index (χ2v) is 8.04. The molecular formula is C21H25N9. The highest BCUT2D eigenvalue weighted by molar-refractivity contribution is 5.75. The number of aromatic nitrogens is 3. The lowest BCUT2D eigenvalue weighted by Gasteiger charge is -2.34. The Bertz CT molecular complexity index is 1120. The van der Waals surface area contributed by atoms with Crippen molar-refractivity contribution in [2.75, 3.05) is 54.5 Å². The molecule has 3 aromatic rings. The number of nitriles is 1. The Kier molecular flexibility index (Phi) is 4.56. The summed E-state index contributed by atoms with van der Waals surface area (Å²) in [6.07, 6.45) is 3.93. The molecule has 30 heavy (non-hydrogen) atoms. The van der Waals surface area contributed by atoms with Crippen LogP contribution in [0.2, 0.25) is 0 Å². The van der Waals surface area contributed by atoms with Gasteiger partial charge in [-0.3, -0.25) is 0 Å². The fraction of sp³-hybridized carbons (Fsp3) is 0.381. The van der Waals surface area contributed by atoms with Crippen LogP contribution in [0.5, 0.6) is 0 Å². The third-order valence-corrected chi connectivity index (χ3v) is 5.66. The average Bonchev–Trinajstić information content (AvgIpc) is 3.49. The molecule has 1 aliphatic carbocycles. The van der Waals surface area contributed by atoms with Crippen LogP contribution < -0.4 is 21.3 Å². The molecule has 0 amide bonds. The number of piperazine rings is 1. The number of imidazole rings is 1. The molecule has 9 nitrogen and oxygen atoms in total. The van der Waals surface area contributed by atoms with Crippen molar-refractivity contribution in [2.24, 2.45) is 0 Å². The molecule has 1 aliphatic heterocycles. The molecule has 2 aliphatic rings. The number of anilines is 5. The maximum absolute atomic E-state index is 9.72. The van der Waals surface area contributed by atoms with Crippen molar-refractivity contribution >= 4 is 34.3 Å². The van der Waals surface area contributed by atoms with Gasteiger partial charge in [0, 0.05) is 44.0 Å². The predicted octanol–water partition coefficient (Wildman–Crippen LogP) is 2.25. The van der Waals surface area contributed by atoms with Gasteiger partial charge in [-0.2, -0.15) is 9.78 Å². The summed E-state index contributed by atoms with van der Waals surface area (Å²) in [5, 5.41) is 21.1. The molecular weight excluding hydrogens is 378 g/mol. The molecule has 1 aromatic carbocycles. The van der Waals surface area contributed by atoms with Crippen LogP contribution >= 0.6 is 0 Å². The zero-order valence-corrected chi connectivity index (χ0v) is 17.0. The molecule has 2 aromatic heterocycles. The molecule has 3 heterocycles. The number of nitrogens with two attached hydrogens (primary N) is 1. The second-order valence-electron chi connectivity index (χ2n) is 8.04. The van der Waals surface area contributed by atoms with Crippen LogP contribution in [0, 0.1) is 11.3 Å². The quantitative estimate of drug-likeness (QED) is 0.595. The van der Waals surface area contributed by atoms with Crippen LogP contribution in [0.15, 0.2) is 30.5 Å². The Morgan fingerprint density at radius 3 is 2.70 bits per heavy atom. The number of rotatable bonds is 5. The van der Waals surface area contributed by atoms with Crippen molar-refractivity contribution in [2.45, 2.75) is 18.9 Å². The Morgan fingerprint density at radius 1 is 1.17 bits per heavy atom. The fourth-order valence-electron chi connectivity index (χ4n) is 3.77. The number of hydrogen-bond acceptors (Lipinski definition) is 8. The summed E-state index contributed by atoms with van der Waals surface area (Å²) in [5.41, 5.74) is 10.1. The molecule has 154 valence electrons. The van der Waals surface area contributed by atoms with Crippen molar-refractivity contribution in [1.82, 2.24) is 19.5 Å². The van der Waals surface area contributed by atoms with Crippen LogP contribution in [0.3, 0.4) is 0 Å². The van der Waals surface area contributed by atoms with Gasteiger partial charge in [-0.05, 0) is 38.1 Å². The van der Waals surface area contributed by atoms with Gasteiger partial charge in [0.25, 0.3) is 0 Å². The first-order chi connectivity index (χ1) is 14.6. The largest absolute Gasteiger partial charge is 0.382 e. The number of likely N-dealkylation sites (N-methyl/N-ethyl adjacent to an activating group) is 1. The first-order valence-electron chi connectivity index (χ1n) is 10.3. The maximum Gasteiger partial charge on any atom is 0.179 e. The van der Waals surface area contributed by atoms with Gasteiger partial charge in [-0.25, -0.2) is 4.98 Å². The SMILES string of the molecule is CN1CCN(c2ccc(Nc3cc(NC4CC4)c4ncc(N)n4n3)cc2C#N)CC1. The Hall–Kier alpha value is -3.51. The highest BCUT2D eigenvalue weighted by Crippen LogP contribution is 2.31. The van der Waals surface area contributed by atoms with Gasteiger partial charge in [-0.1, -0.05) is 0 Å². The topological polar surface area (TPSA) is 111 Å². The minimum absolute atomic E-state index is 0.482.